The molecule has 2 rings (SSSR count). The summed E-state index contributed by atoms with van der Waals surface area (Å²) in [6.45, 7) is 7.00. The molecule has 0 atom stereocenters. The second kappa shape index (κ2) is 5.97. The SMILES string of the molecule is COCC(=O)N1CCN(c2nc(C)cc(C)n2)CC1. The van der Waals surface area contributed by atoms with E-state index in [1.165, 1.54) is 7.11 Å². The molecule has 2 heterocycles. The van der Waals surface area contributed by atoms with Crippen LogP contribution in [0.3, 0.4) is 0 Å². The van der Waals surface area contributed by atoms with E-state index in [4.69, 9.17) is 4.74 Å². The maximum absolute atomic E-state index is 11.7. The molecule has 1 aromatic rings. The number of aromatic nitrogens is 2. The Labute approximate surface area is 113 Å². The van der Waals surface area contributed by atoms with Gasteiger partial charge in [0.15, 0.2) is 0 Å². The van der Waals surface area contributed by atoms with E-state index in [9.17, 15) is 4.79 Å². The van der Waals surface area contributed by atoms with Gasteiger partial charge in [0, 0.05) is 44.7 Å². The first-order chi connectivity index (χ1) is 9.10. The van der Waals surface area contributed by atoms with Gasteiger partial charge in [-0.05, 0) is 19.9 Å². The molecule has 104 valence electrons. The molecule has 6 heteroatoms. The largest absolute Gasteiger partial charge is 0.375 e. The molecule has 19 heavy (non-hydrogen) atoms. The van der Waals surface area contributed by atoms with Gasteiger partial charge >= 0.3 is 0 Å². The van der Waals surface area contributed by atoms with Crippen molar-refractivity contribution in [1.82, 2.24) is 14.9 Å². The maximum atomic E-state index is 11.7. The Bertz CT molecular complexity index is 436. The van der Waals surface area contributed by atoms with Crippen LogP contribution >= 0.6 is 0 Å². The number of methoxy groups -OCH3 is 1. The number of carbonyl (C=O) groups is 1. The molecule has 1 aliphatic rings. The standard InChI is InChI=1S/C13H20N4O2/c1-10-8-11(2)15-13(14-10)17-6-4-16(5-7-17)12(18)9-19-3/h8H,4-7,9H2,1-3H3. The molecule has 0 saturated carbocycles. The fraction of sp³-hybridized carbons (Fsp3) is 0.615. The van der Waals surface area contributed by atoms with Gasteiger partial charge < -0.3 is 14.5 Å². The molecule has 1 fully saturated rings. The number of ether oxygens (including phenoxy) is 1. The minimum Gasteiger partial charge on any atom is -0.375 e. The number of rotatable bonds is 3. The number of hydrogen-bond acceptors (Lipinski definition) is 5. The lowest BCUT2D eigenvalue weighted by molar-refractivity contribution is -0.135. The van der Waals surface area contributed by atoms with Crippen LogP contribution in [0.4, 0.5) is 5.95 Å². The normalized spacial score (nSPS) is 15.7. The summed E-state index contributed by atoms with van der Waals surface area (Å²) in [5, 5.41) is 0. The number of hydrogen-bond donors (Lipinski definition) is 0. The van der Waals surface area contributed by atoms with Gasteiger partial charge in [-0.3, -0.25) is 4.79 Å². The van der Waals surface area contributed by atoms with E-state index >= 15 is 0 Å². The maximum Gasteiger partial charge on any atom is 0.248 e. The summed E-state index contributed by atoms with van der Waals surface area (Å²) in [4.78, 5) is 24.5. The molecule has 0 N–H and O–H groups in total. The van der Waals surface area contributed by atoms with Crippen molar-refractivity contribution in [3.05, 3.63) is 17.5 Å². The minimum absolute atomic E-state index is 0.0449. The van der Waals surface area contributed by atoms with Crippen molar-refractivity contribution in [3.63, 3.8) is 0 Å². The minimum atomic E-state index is 0.0449. The molecule has 1 amide bonds. The third-order valence-electron chi connectivity index (χ3n) is 3.15. The topological polar surface area (TPSA) is 58.6 Å². The predicted molar refractivity (Wildman–Crippen MR) is 72.2 cm³/mol. The third kappa shape index (κ3) is 3.41. The van der Waals surface area contributed by atoms with Crippen molar-refractivity contribution in [2.45, 2.75) is 13.8 Å². The van der Waals surface area contributed by atoms with E-state index < -0.39 is 0 Å². The predicted octanol–water partition coefficient (Wildman–Crippen LogP) is 0.388. The Morgan fingerprint density at radius 1 is 1.21 bits per heavy atom. The molecule has 0 radical (unpaired) electrons. The van der Waals surface area contributed by atoms with Crippen molar-refractivity contribution in [1.29, 1.82) is 0 Å². The van der Waals surface area contributed by atoms with E-state index in [2.05, 4.69) is 14.9 Å². The molecule has 6 nitrogen and oxygen atoms in total. The highest BCUT2D eigenvalue weighted by molar-refractivity contribution is 5.77. The quantitative estimate of drug-likeness (QED) is 0.790. The van der Waals surface area contributed by atoms with Gasteiger partial charge in [0.2, 0.25) is 11.9 Å². The smallest absolute Gasteiger partial charge is 0.248 e. The molecule has 1 aliphatic heterocycles. The average molecular weight is 264 g/mol. The molecule has 0 aromatic carbocycles. The summed E-state index contributed by atoms with van der Waals surface area (Å²) in [6, 6.07) is 1.96. The van der Waals surface area contributed by atoms with E-state index in [-0.39, 0.29) is 12.5 Å². The number of aryl methyl sites for hydroxylation is 2. The molecule has 1 aromatic heterocycles. The molecule has 0 bridgehead atoms. The molecular formula is C13H20N4O2. The summed E-state index contributed by atoms with van der Waals surface area (Å²) >= 11 is 0. The Morgan fingerprint density at radius 3 is 2.32 bits per heavy atom. The lowest BCUT2D eigenvalue weighted by Crippen LogP contribution is -2.50. The summed E-state index contributed by atoms with van der Waals surface area (Å²) in [5.41, 5.74) is 1.95. The van der Waals surface area contributed by atoms with E-state index in [1.807, 2.05) is 24.8 Å². The Hall–Kier alpha value is -1.69. The summed E-state index contributed by atoms with van der Waals surface area (Å²) in [6.07, 6.45) is 0. The van der Waals surface area contributed by atoms with Gasteiger partial charge in [-0.1, -0.05) is 0 Å². The lowest BCUT2D eigenvalue weighted by atomic mass is 10.3. The van der Waals surface area contributed by atoms with Crippen LogP contribution in [0.15, 0.2) is 6.07 Å². The first-order valence-electron chi connectivity index (χ1n) is 6.44. The van der Waals surface area contributed by atoms with Crippen LogP contribution in [0, 0.1) is 13.8 Å². The zero-order valence-electron chi connectivity index (χ0n) is 11.7. The Morgan fingerprint density at radius 2 is 1.79 bits per heavy atom. The van der Waals surface area contributed by atoms with E-state index in [0.29, 0.717) is 13.1 Å². The van der Waals surface area contributed by atoms with Crippen molar-refractivity contribution in [2.24, 2.45) is 0 Å². The zero-order valence-corrected chi connectivity index (χ0v) is 11.7. The van der Waals surface area contributed by atoms with Crippen molar-refractivity contribution < 1.29 is 9.53 Å². The molecule has 0 aliphatic carbocycles. The Balaban J connectivity index is 1.97. The fourth-order valence-electron chi connectivity index (χ4n) is 2.22. The van der Waals surface area contributed by atoms with Crippen LogP contribution in [0.2, 0.25) is 0 Å². The monoisotopic (exact) mass is 264 g/mol. The van der Waals surface area contributed by atoms with Gasteiger partial charge in [-0.2, -0.15) is 0 Å². The van der Waals surface area contributed by atoms with E-state index in [0.717, 1.165) is 30.4 Å². The molecule has 1 saturated heterocycles. The van der Waals surface area contributed by atoms with Crippen molar-refractivity contribution >= 4 is 11.9 Å². The summed E-state index contributed by atoms with van der Waals surface area (Å²) in [5.74, 6) is 0.805. The van der Waals surface area contributed by atoms with Gasteiger partial charge in [0.25, 0.3) is 0 Å². The van der Waals surface area contributed by atoms with Gasteiger partial charge in [-0.15, -0.1) is 0 Å². The molecule has 0 unspecified atom stereocenters. The van der Waals surface area contributed by atoms with Crippen LogP contribution in [0.1, 0.15) is 11.4 Å². The first kappa shape index (κ1) is 13.7. The Kier molecular flexibility index (Phi) is 4.31. The highest BCUT2D eigenvalue weighted by Gasteiger charge is 2.22. The third-order valence-corrected chi connectivity index (χ3v) is 3.15. The second-order valence-corrected chi connectivity index (χ2v) is 4.75. The summed E-state index contributed by atoms with van der Waals surface area (Å²) in [7, 11) is 1.54. The fourth-order valence-corrected chi connectivity index (χ4v) is 2.22. The number of amides is 1. The number of piperazine rings is 1. The van der Waals surface area contributed by atoms with Crippen LogP contribution in [-0.2, 0) is 9.53 Å². The number of carbonyl (C=O) groups excluding carboxylic acids is 1. The highest BCUT2D eigenvalue weighted by atomic mass is 16.5. The van der Waals surface area contributed by atoms with E-state index in [1.54, 1.807) is 0 Å². The second-order valence-electron chi connectivity index (χ2n) is 4.75. The van der Waals surface area contributed by atoms with Crippen LogP contribution in [0.5, 0.6) is 0 Å². The van der Waals surface area contributed by atoms with Crippen LogP contribution < -0.4 is 4.90 Å². The highest BCUT2D eigenvalue weighted by Crippen LogP contribution is 2.12. The van der Waals surface area contributed by atoms with Gasteiger partial charge in [-0.25, -0.2) is 9.97 Å². The van der Waals surface area contributed by atoms with Gasteiger partial charge in [0.05, 0.1) is 0 Å². The lowest BCUT2D eigenvalue weighted by Gasteiger charge is -2.34. The van der Waals surface area contributed by atoms with Crippen LogP contribution in [0.25, 0.3) is 0 Å². The summed E-state index contributed by atoms with van der Waals surface area (Å²) < 4.78 is 4.87. The average Bonchev–Trinajstić information content (AvgIpc) is 2.38. The molecule has 0 spiro atoms. The van der Waals surface area contributed by atoms with Gasteiger partial charge in [0.1, 0.15) is 6.61 Å². The number of anilines is 1. The molecular weight excluding hydrogens is 244 g/mol. The first-order valence-corrected chi connectivity index (χ1v) is 6.44. The van der Waals surface area contributed by atoms with Crippen LogP contribution in [-0.4, -0.2) is 60.7 Å². The van der Waals surface area contributed by atoms with Crippen molar-refractivity contribution in [3.8, 4) is 0 Å². The number of nitrogens with zero attached hydrogens (tertiary/aromatic N) is 4. The zero-order chi connectivity index (χ0) is 13.8. The van der Waals surface area contributed by atoms with Crippen molar-refractivity contribution in [2.75, 3.05) is 44.8 Å².